The maximum atomic E-state index is 13.4. The second kappa shape index (κ2) is 5.58. The van der Waals surface area contributed by atoms with Gasteiger partial charge in [0, 0.05) is 11.4 Å². The quantitative estimate of drug-likeness (QED) is 0.895. The van der Waals surface area contributed by atoms with Crippen molar-refractivity contribution >= 4 is 21.6 Å². The molecule has 2 aromatic rings. The third-order valence-corrected chi connectivity index (χ3v) is 3.47. The van der Waals surface area contributed by atoms with Gasteiger partial charge in [0.1, 0.15) is 11.5 Å². The molecule has 0 fully saturated rings. The van der Waals surface area contributed by atoms with Crippen molar-refractivity contribution in [1.29, 1.82) is 0 Å². The first-order valence-corrected chi connectivity index (χ1v) is 7.39. The zero-order chi connectivity index (χ0) is 15.6. The molecule has 2 rings (SSSR count). The summed E-state index contributed by atoms with van der Waals surface area (Å²) < 4.78 is 35.8. The molecule has 0 aliphatic rings. The molecule has 0 aliphatic carbocycles. The summed E-state index contributed by atoms with van der Waals surface area (Å²) in [5.41, 5.74) is 0.760. The molecule has 8 heteroatoms. The van der Waals surface area contributed by atoms with Crippen LogP contribution in [0.4, 0.5) is 10.1 Å². The van der Waals surface area contributed by atoms with Gasteiger partial charge >= 0.3 is 0 Å². The van der Waals surface area contributed by atoms with E-state index in [4.69, 9.17) is 5.14 Å². The van der Waals surface area contributed by atoms with E-state index in [9.17, 15) is 17.6 Å². The predicted octanol–water partition coefficient (Wildman–Crippen LogP) is 1.43. The molecule has 21 heavy (non-hydrogen) atoms. The van der Waals surface area contributed by atoms with E-state index in [2.05, 4.69) is 10.3 Å². The van der Waals surface area contributed by atoms with Crippen LogP contribution in [0.15, 0.2) is 41.3 Å². The van der Waals surface area contributed by atoms with E-state index in [1.807, 2.05) is 0 Å². The average Bonchev–Trinajstić information content (AvgIpc) is 2.37. The number of halogens is 1. The lowest BCUT2D eigenvalue weighted by molar-refractivity contribution is 0.102. The van der Waals surface area contributed by atoms with Crippen molar-refractivity contribution in [2.24, 2.45) is 5.14 Å². The molecule has 1 aromatic carbocycles. The molecule has 0 spiro atoms. The summed E-state index contributed by atoms with van der Waals surface area (Å²) in [4.78, 5) is 15.6. The molecule has 0 radical (unpaired) electrons. The number of aryl methyl sites for hydroxylation is 1. The van der Waals surface area contributed by atoms with E-state index in [-0.39, 0.29) is 11.4 Å². The SMILES string of the molecule is Cc1cccc(C(=O)Nc2cc(F)cc(S(N)(=O)=O)c2)n1. The maximum absolute atomic E-state index is 13.4. The Balaban J connectivity index is 2.32. The van der Waals surface area contributed by atoms with Crippen LogP contribution in [0.2, 0.25) is 0 Å². The van der Waals surface area contributed by atoms with Gasteiger partial charge in [0.15, 0.2) is 0 Å². The molecule has 0 saturated heterocycles. The Morgan fingerprint density at radius 3 is 2.62 bits per heavy atom. The molecular weight excluding hydrogens is 297 g/mol. The number of rotatable bonds is 3. The summed E-state index contributed by atoms with van der Waals surface area (Å²) in [5, 5.41) is 7.31. The summed E-state index contributed by atoms with van der Waals surface area (Å²) in [6.07, 6.45) is 0. The van der Waals surface area contributed by atoms with E-state index in [0.29, 0.717) is 5.69 Å². The monoisotopic (exact) mass is 309 g/mol. The minimum absolute atomic E-state index is 0.0210. The van der Waals surface area contributed by atoms with E-state index in [1.165, 1.54) is 6.07 Å². The van der Waals surface area contributed by atoms with Gasteiger partial charge in [-0.3, -0.25) is 4.79 Å². The van der Waals surface area contributed by atoms with Crippen molar-refractivity contribution in [3.63, 3.8) is 0 Å². The fraction of sp³-hybridized carbons (Fsp3) is 0.0769. The number of hydrogen-bond donors (Lipinski definition) is 2. The summed E-state index contributed by atoms with van der Waals surface area (Å²) in [5.74, 6) is -1.40. The van der Waals surface area contributed by atoms with Gasteiger partial charge in [-0.2, -0.15) is 0 Å². The minimum Gasteiger partial charge on any atom is -0.321 e. The third kappa shape index (κ3) is 3.83. The zero-order valence-electron chi connectivity index (χ0n) is 11.0. The number of sulfonamides is 1. The van der Waals surface area contributed by atoms with Crippen LogP contribution in [-0.2, 0) is 10.0 Å². The number of carbonyl (C=O) groups excluding carboxylic acids is 1. The Morgan fingerprint density at radius 2 is 2.00 bits per heavy atom. The van der Waals surface area contributed by atoms with Gasteiger partial charge in [-0.1, -0.05) is 6.07 Å². The highest BCUT2D eigenvalue weighted by Gasteiger charge is 2.13. The lowest BCUT2D eigenvalue weighted by atomic mass is 10.2. The summed E-state index contributed by atoms with van der Waals surface area (Å²) in [6.45, 7) is 1.72. The number of carbonyl (C=O) groups is 1. The molecule has 0 saturated carbocycles. The molecule has 0 atom stereocenters. The summed E-state index contributed by atoms with van der Waals surface area (Å²) >= 11 is 0. The molecule has 1 aromatic heterocycles. The second-order valence-corrected chi connectivity index (χ2v) is 5.90. The number of aromatic nitrogens is 1. The third-order valence-electron chi connectivity index (χ3n) is 2.58. The van der Waals surface area contributed by atoms with Crippen molar-refractivity contribution < 1.29 is 17.6 Å². The van der Waals surface area contributed by atoms with Gasteiger partial charge in [0.05, 0.1) is 4.90 Å². The molecule has 1 heterocycles. The normalized spacial score (nSPS) is 11.2. The first-order chi connectivity index (χ1) is 9.75. The first kappa shape index (κ1) is 15.1. The van der Waals surface area contributed by atoms with E-state index < -0.39 is 26.6 Å². The van der Waals surface area contributed by atoms with Crippen molar-refractivity contribution in [2.45, 2.75) is 11.8 Å². The highest BCUT2D eigenvalue weighted by Crippen LogP contribution is 2.17. The number of anilines is 1. The molecule has 0 aliphatic heterocycles. The number of pyridine rings is 1. The Labute approximate surface area is 120 Å². The van der Waals surface area contributed by atoms with Gasteiger partial charge in [0.2, 0.25) is 10.0 Å². The van der Waals surface area contributed by atoms with Gasteiger partial charge in [-0.15, -0.1) is 0 Å². The van der Waals surface area contributed by atoms with Crippen LogP contribution < -0.4 is 10.5 Å². The Hall–Kier alpha value is -2.32. The van der Waals surface area contributed by atoms with E-state index >= 15 is 0 Å². The molecule has 110 valence electrons. The smallest absolute Gasteiger partial charge is 0.274 e. The Kier molecular flexibility index (Phi) is 4.01. The number of amides is 1. The lowest BCUT2D eigenvalue weighted by Crippen LogP contribution is -2.16. The number of primary sulfonamides is 1. The number of benzene rings is 1. The Morgan fingerprint density at radius 1 is 1.29 bits per heavy atom. The number of nitrogens with one attached hydrogen (secondary N) is 1. The molecule has 3 N–H and O–H groups in total. The number of hydrogen-bond acceptors (Lipinski definition) is 4. The second-order valence-electron chi connectivity index (χ2n) is 4.34. The maximum Gasteiger partial charge on any atom is 0.274 e. The average molecular weight is 309 g/mol. The topological polar surface area (TPSA) is 102 Å². The van der Waals surface area contributed by atoms with Crippen LogP contribution >= 0.6 is 0 Å². The molecule has 6 nitrogen and oxygen atoms in total. The largest absolute Gasteiger partial charge is 0.321 e. The summed E-state index contributed by atoms with van der Waals surface area (Å²) in [7, 11) is -4.06. The van der Waals surface area contributed by atoms with Crippen molar-refractivity contribution in [1.82, 2.24) is 4.98 Å². The molecule has 1 amide bonds. The molecule has 0 unspecified atom stereocenters. The first-order valence-electron chi connectivity index (χ1n) is 5.84. The highest BCUT2D eigenvalue weighted by molar-refractivity contribution is 7.89. The van der Waals surface area contributed by atoms with Gasteiger partial charge in [-0.25, -0.2) is 22.9 Å². The predicted molar refractivity (Wildman–Crippen MR) is 74.7 cm³/mol. The fourth-order valence-electron chi connectivity index (χ4n) is 1.66. The van der Waals surface area contributed by atoms with Crippen LogP contribution in [-0.4, -0.2) is 19.3 Å². The van der Waals surface area contributed by atoms with Crippen LogP contribution in [0.5, 0.6) is 0 Å². The van der Waals surface area contributed by atoms with Crippen LogP contribution in [0.25, 0.3) is 0 Å². The standard InChI is InChI=1S/C13H12FN3O3S/c1-8-3-2-4-12(16-8)13(18)17-10-5-9(14)6-11(7-10)21(15,19)20/h2-7H,1H3,(H,17,18)(H2,15,19,20). The zero-order valence-corrected chi connectivity index (χ0v) is 11.8. The van der Waals surface area contributed by atoms with Gasteiger partial charge in [0.25, 0.3) is 5.91 Å². The number of nitrogens with zero attached hydrogens (tertiary/aromatic N) is 1. The minimum atomic E-state index is -4.06. The fourth-order valence-corrected chi connectivity index (χ4v) is 2.23. The van der Waals surface area contributed by atoms with Gasteiger partial charge in [-0.05, 0) is 37.3 Å². The Bertz CT molecular complexity index is 806. The lowest BCUT2D eigenvalue weighted by Gasteiger charge is -2.07. The van der Waals surface area contributed by atoms with E-state index in [1.54, 1.807) is 19.1 Å². The van der Waals surface area contributed by atoms with Crippen LogP contribution in [0.3, 0.4) is 0 Å². The van der Waals surface area contributed by atoms with E-state index in [0.717, 1.165) is 18.2 Å². The molecular formula is C13H12FN3O3S. The van der Waals surface area contributed by atoms with Crippen LogP contribution in [0, 0.1) is 12.7 Å². The summed E-state index contributed by atoms with van der Waals surface area (Å²) in [6, 6.07) is 7.70. The van der Waals surface area contributed by atoms with Crippen molar-refractivity contribution in [2.75, 3.05) is 5.32 Å². The van der Waals surface area contributed by atoms with Gasteiger partial charge < -0.3 is 5.32 Å². The van der Waals surface area contributed by atoms with Crippen molar-refractivity contribution in [3.05, 3.63) is 53.6 Å². The highest BCUT2D eigenvalue weighted by atomic mass is 32.2. The van der Waals surface area contributed by atoms with Crippen molar-refractivity contribution in [3.8, 4) is 0 Å². The number of nitrogens with two attached hydrogens (primary N) is 1. The van der Waals surface area contributed by atoms with Crippen LogP contribution in [0.1, 0.15) is 16.2 Å². The molecule has 0 bridgehead atoms.